The number of amides is 3. The molecule has 5 nitrogen and oxygen atoms in total. The van der Waals surface area contributed by atoms with Gasteiger partial charge in [0.2, 0.25) is 0 Å². The first-order chi connectivity index (χ1) is 7.14. The molecule has 5 heteroatoms. The molecule has 1 heterocycles. The number of hydrogen-bond donors (Lipinski definition) is 2. The van der Waals surface area contributed by atoms with E-state index in [0.29, 0.717) is 12.7 Å². The van der Waals surface area contributed by atoms with Crippen molar-refractivity contribution in [3.05, 3.63) is 0 Å². The summed E-state index contributed by atoms with van der Waals surface area (Å²) in [5.41, 5.74) is -1.31. The summed E-state index contributed by atoms with van der Waals surface area (Å²) in [4.78, 5) is 33.2. The summed E-state index contributed by atoms with van der Waals surface area (Å²) in [7, 11) is 0. The number of carbonyl (C=O) groups is 3. The summed E-state index contributed by atoms with van der Waals surface area (Å²) in [5, 5.41) is 4.46. The fourth-order valence-electron chi connectivity index (χ4n) is 1.65. The second kappa shape index (κ2) is 4.91. The lowest BCUT2D eigenvalue weighted by atomic mass is 9.94. The first-order valence-electron chi connectivity index (χ1n) is 5.24. The highest BCUT2D eigenvalue weighted by molar-refractivity contribution is 6.15. The zero-order valence-corrected chi connectivity index (χ0v) is 8.84. The third kappa shape index (κ3) is 2.55. The van der Waals surface area contributed by atoms with Crippen molar-refractivity contribution in [1.29, 1.82) is 0 Å². The van der Waals surface area contributed by atoms with Crippen LogP contribution in [0.25, 0.3) is 0 Å². The molecular weight excluding hydrogens is 196 g/mol. The maximum atomic E-state index is 11.4. The van der Waals surface area contributed by atoms with Crippen molar-refractivity contribution in [2.45, 2.75) is 44.6 Å². The summed E-state index contributed by atoms with van der Waals surface area (Å²) in [6.45, 7) is 2.08. The van der Waals surface area contributed by atoms with Gasteiger partial charge in [-0.2, -0.15) is 0 Å². The van der Waals surface area contributed by atoms with Crippen molar-refractivity contribution in [3.63, 3.8) is 0 Å². The molecule has 2 N–H and O–H groups in total. The molecule has 1 rings (SSSR count). The largest absolute Gasteiger partial charge is 0.322 e. The predicted octanol–water partition coefficient (Wildman–Crippen LogP) is 0.734. The molecule has 0 radical (unpaired) electrons. The van der Waals surface area contributed by atoms with Crippen LogP contribution in [0.4, 0.5) is 4.79 Å². The Labute approximate surface area is 88.6 Å². The van der Waals surface area contributed by atoms with Crippen LogP contribution in [0.5, 0.6) is 0 Å². The first-order valence-corrected chi connectivity index (χ1v) is 5.24. The van der Waals surface area contributed by atoms with Gasteiger partial charge in [-0.3, -0.25) is 10.1 Å². The van der Waals surface area contributed by atoms with Crippen molar-refractivity contribution >= 4 is 18.2 Å². The zero-order chi connectivity index (χ0) is 11.3. The minimum Gasteiger partial charge on any atom is -0.317 e. The molecule has 1 fully saturated rings. The SMILES string of the molecule is CCCCCCC1(C=O)NC(=O)NC1=O. The zero-order valence-electron chi connectivity index (χ0n) is 8.84. The molecule has 1 aliphatic heterocycles. The van der Waals surface area contributed by atoms with E-state index >= 15 is 0 Å². The summed E-state index contributed by atoms with van der Waals surface area (Å²) in [6, 6.07) is -0.581. The average Bonchev–Trinajstić information content (AvgIpc) is 2.49. The smallest absolute Gasteiger partial charge is 0.317 e. The Kier molecular flexibility index (Phi) is 3.82. The predicted molar refractivity (Wildman–Crippen MR) is 54.2 cm³/mol. The normalized spacial score (nSPS) is 24.9. The monoisotopic (exact) mass is 212 g/mol. The molecule has 0 aromatic heterocycles. The van der Waals surface area contributed by atoms with Gasteiger partial charge < -0.3 is 10.1 Å². The van der Waals surface area contributed by atoms with Gasteiger partial charge >= 0.3 is 6.03 Å². The molecule has 3 amide bonds. The molecule has 1 saturated heterocycles. The van der Waals surface area contributed by atoms with Crippen LogP contribution >= 0.6 is 0 Å². The molecule has 0 spiro atoms. The van der Waals surface area contributed by atoms with Gasteiger partial charge in [-0.1, -0.05) is 32.6 Å². The highest BCUT2D eigenvalue weighted by Crippen LogP contribution is 2.17. The third-order valence-corrected chi connectivity index (χ3v) is 2.59. The van der Waals surface area contributed by atoms with Crippen molar-refractivity contribution in [1.82, 2.24) is 10.6 Å². The maximum absolute atomic E-state index is 11.4. The number of rotatable bonds is 6. The van der Waals surface area contributed by atoms with Gasteiger partial charge in [0.05, 0.1) is 0 Å². The minimum absolute atomic E-state index is 0.383. The van der Waals surface area contributed by atoms with Crippen LogP contribution in [0.1, 0.15) is 39.0 Å². The number of hydrogen-bond acceptors (Lipinski definition) is 3. The van der Waals surface area contributed by atoms with Crippen molar-refractivity contribution in [2.24, 2.45) is 0 Å². The number of imide groups is 1. The molecular formula is C10H16N2O3. The van der Waals surface area contributed by atoms with Crippen LogP contribution in [-0.4, -0.2) is 23.8 Å². The van der Waals surface area contributed by atoms with E-state index in [1.807, 2.05) is 0 Å². The van der Waals surface area contributed by atoms with Crippen molar-refractivity contribution < 1.29 is 14.4 Å². The topological polar surface area (TPSA) is 75.3 Å². The first kappa shape index (κ1) is 11.7. The van der Waals surface area contributed by atoms with Crippen LogP contribution in [0.15, 0.2) is 0 Å². The van der Waals surface area contributed by atoms with Crippen LogP contribution < -0.4 is 10.6 Å². The van der Waals surface area contributed by atoms with E-state index < -0.39 is 17.5 Å². The Balaban J connectivity index is 2.50. The van der Waals surface area contributed by atoms with Crippen LogP contribution in [0, 0.1) is 0 Å². The molecule has 0 aromatic rings. The van der Waals surface area contributed by atoms with Crippen LogP contribution in [0.2, 0.25) is 0 Å². The summed E-state index contributed by atoms with van der Waals surface area (Å²) in [6.07, 6.45) is 4.81. The van der Waals surface area contributed by atoms with E-state index in [2.05, 4.69) is 17.6 Å². The van der Waals surface area contributed by atoms with Crippen LogP contribution in [0.3, 0.4) is 0 Å². The van der Waals surface area contributed by atoms with Crippen molar-refractivity contribution in [2.75, 3.05) is 0 Å². The van der Waals surface area contributed by atoms with Gasteiger partial charge in [-0.25, -0.2) is 4.79 Å². The summed E-state index contributed by atoms with van der Waals surface area (Å²) < 4.78 is 0. The molecule has 0 bridgehead atoms. The standard InChI is InChI=1S/C10H16N2O3/c1-2-3-4-5-6-10(7-13)8(14)11-9(15)12-10/h7H,2-6H2,1H3,(H2,11,12,14,15). The van der Waals surface area contributed by atoms with Crippen LogP contribution in [-0.2, 0) is 9.59 Å². The van der Waals surface area contributed by atoms with E-state index in [1.54, 1.807) is 0 Å². The second-order valence-electron chi connectivity index (χ2n) is 3.81. The van der Waals surface area contributed by atoms with Gasteiger partial charge in [0.1, 0.15) is 0 Å². The molecule has 1 unspecified atom stereocenters. The quantitative estimate of drug-likeness (QED) is 0.295. The van der Waals surface area contributed by atoms with E-state index in [4.69, 9.17) is 0 Å². The second-order valence-corrected chi connectivity index (χ2v) is 3.81. The fraction of sp³-hybridized carbons (Fsp3) is 0.700. The fourth-order valence-corrected chi connectivity index (χ4v) is 1.65. The van der Waals surface area contributed by atoms with Crippen molar-refractivity contribution in [3.8, 4) is 0 Å². The number of nitrogens with one attached hydrogen (secondary N) is 2. The molecule has 1 atom stereocenters. The molecule has 0 aromatic carbocycles. The van der Waals surface area contributed by atoms with Gasteiger partial charge in [-0.15, -0.1) is 0 Å². The molecule has 15 heavy (non-hydrogen) atoms. The number of urea groups is 1. The highest BCUT2D eigenvalue weighted by atomic mass is 16.2. The summed E-state index contributed by atoms with van der Waals surface area (Å²) >= 11 is 0. The van der Waals surface area contributed by atoms with E-state index in [9.17, 15) is 14.4 Å². The van der Waals surface area contributed by atoms with E-state index in [1.165, 1.54) is 0 Å². The van der Waals surface area contributed by atoms with E-state index in [-0.39, 0.29) is 0 Å². The Hall–Kier alpha value is -1.39. The number of aldehydes is 1. The molecule has 84 valence electrons. The lowest BCUT2D eigenvalue weighted by molar-refractivity contribution is -0.129. The molecule has 0 saturated carbocycles. The Morgan fingerprint density at radius 1 is 1.27 bits per heavy atom. The number of carbonyl (C=O) groups excluding carboxylic acids is 3. The minimum atomic E-state index is -1.31. The lowest BCUT2D eigenvalue weighted by Gasteiger charge is -2.18. The Bertz CT molecular complexity index is 278. The maximum Gasteiger partial charge on any atom is 0.322 e. The van der Waals surface area contributed by atoms with Gasteiger partial charge in [0, 0.05) is 0 Å². The van der Waals surface area contributed by atoms with Gasteiger partial charge in [0.15, 0.2) is 11.8 Å². The molecule has 0 aliphatic carbocycles. The number of unbranched alkanes of at least 4 members (excludes halogenated alkanes) is 3. The Morgan fingerprint density at radius 2 is 2.00 bits per heavy atom. The third-order valence-electron chi connectivity index (χ3n) is 2.59. The summed E-state index contributed by atoms with van der Waals surface area (Å²) in [5.74, 6) is -0.529. The average molecular weight is 212 g/mol. The van der Waals surface area contributed by atoms with Gasteiger partial charge in [0.25, 0.3) is 5.91 Å². The van der Waals surface area contributed by atoms with E-state index in [0.717, 1.165) is 25.7 Å². The molecule has 1 aliphatic rings. The highest BCUT2D eigenvalue weighted by Gasteiger charge is 2.45. The Morgan fingerprint density at radius 3 is 2.47 bits per heavy atom. The van der Waals surface area contributed by atoms with Gasteiger partial charge in [-0.05, 0) is 6.42 Å². The lowest BCUT2D eigenvalue weighted by Crippen LogP contribution is -2.48.